The predicted octanol–water partition coefficient (Wildman–Crippen LogP) is 4.17. The van der Waals surface area contributed by atoms with Crippen LogP contribution in [0.2, 0.25) is 0 Å². The lowest BCUT2D eigenvalue weighted by Crippen LogP contribution is -2.21. The summed E-state index contributed by atoms with van der Waals surface area (Å²) < 4.78 is 32.9. The first-order valence-corrected chi connectivity index (χ1v) is 10.7. The van der Waals surface area contributed by atoms with Crippen LogP contribution in [0.15, 0.2) is 59.7 Å². The van der Waals surface area contributed by atoms with E-state index < -0.39 is 23.1 Å². The second-order valence-electron chi connectivity index (χ2n) is 8.17. The fraction of sp³-hybridized carbons (Fsp3) is 0.120. The van der Waals surface area contributed by atoms with Gasteiger partial charge >= 0.3 is 0 Å². The van der Waals surface area contributed by atoms with Gasteiger partial charge in [-0.05, 0) is 42.3 Å². The summed E-state index contributed by atoms with van der Waals surface area (Å²) in [5.74, 6) is -1.56. The highest BCUT2D eigenvalue weighted by molar-refractivity contribution is 6.06. The number of fused-ring (bicyclic) bond motifs is 1. The van der Waals surface area contributed by atoms with Crippen LogP contribution in [0.4, 0.5) is 14.6 Å². The summed E-state index contributed by atoms with van der Waals surface area (Å²) in [6.45, 7) is 1.76. The first kappa shape index (κ1) is 22.2. The Balaban J connectivity index is 1.79. The van der Waals surface area contributed by atoms with E-state index in [-0.39, 0.29) is 22.3 Å². The maximum Gasteiger partial charge on any atom is 0.260 e. The van der Waals surface area contributed by atoms with Gasteiger partial charge in [-0.2, -0.15) is 10.2 Å². The molecule has 8 nitrogen and oxygen atoms in total. The van der Waals surface area contributed by atoms with Gasteiger partial charge in [0, 0.05) is 36.7 Å². The van der Waals surface area contributed by atoms with E-state index in [9.17, 15) is 9.59 Å². The minimum atomic E-state index is -0.815. The molecule has 176 valence electrons. The number of aromatic amines is 1. The number of pyridine rings is 1. The Morgan fingerprint density at radius 2 is 1.77 bits per heavy atom. The van der Waals surface area contributed by atoms with Crippen molar-refractivity contribution in [2.75, 3.05) is 5.32 Å². The van der Waals surface area contributed by atoms with Gasteiger partial charge in [0.1, 0.15) is 23.1 Å². The number of hydrogen-bond acceptors (Lipinski definition) is 4. The molecule has 0 bridgehead atoms. The van der Waals surface area contributed by atoms with Crippen LogP contribution in [0.25, 0.3) is 33.3 Å². The number of carbonyl (C=O) groups excluding carboxylic acids is 1. The van der Waals surface area contributed by atoms with Gasteiger partial charge in [-0.15, -0.1) is 0 Å². The van der Waals surface area contributed by atoms with Crippen molar-refractivity contribution in [3.05, 3.63) is 88.0 Å². The first-order chi connectivity index (χ1) is 16.8. The molecule has 5 rings (SSSR count). The molecule has 0 atom stereocenters. The lowest BCUT2D eigenvalue weighted by atomic mass is 9.90. The van der Waals surface area contributed by atoms with Crippen molar-refractivity contribution >= 4 is 22.8 Å². The van der Waals surface area contributed by atoms with E-state index in [1.54, 1.807) is 51.5 Å². The van der Waals surface area contributed by atoms with Crippen LogP contribution >= 0.6 is 0 Å². The number of amides is 1. The van der Waals surface area contributed by atoms with Gasteiger partial charge in [-0.1, -0.05) is 12.1 Å². The molecule has 0 aliphatic heterocycles. The Bertz CT molecular complexity index is 1660. The lowest BCUT2D eigenvalue weighted by Gasteiger charge is -2.17. The van der Waals surface area contributed by atoms with Crippen LogP contribution in [0.5, 0.6) is 0 Å². The summed E-state index contributed by atoms with van der Waals surface area (Å²) in [5, 5.41) is 13.9. The van der Waals surface area contributed by atoms with Gasteiger partial charge < -0.3 is 5.32 Å². The average molecular weight is 474 g/mol. The Morgan fingerprint density at radius 1 is 1.03 bits per heavy atom. The molecule has 5 aromatic rings. The van der Waals surface area contributed by atoms with Crippen LogP contribution in [0, 0.1) is 18.6 Å². The lowest BCUT2D eigenvalue weighted by molar-refractivity contribution is 0.102. The molecule has 2 aromatic carbocycles. The SMILES string of the molecule is Cc1ccc(C(=O)Nc2ccnn2C)cc1-c1c(-c2c(F)cccc2F)c2cn[nH]c2n(C)c1=O. The van der Waals surface area contributed by atoms with Gasteiger partial charge in [0.05, 0.1) is 23.5 Å². The highest BCUT2D eigenvalue weighted by Gasteiger charge is 2.25. The van der Waals surface area contributed by atoms with Crippen LogP contribution in [0.1, 0.15) is 15.9 Å². The summed E-state index contributed by atoms with van der Waals surface area (Å²) in [4.78, 5) is 26.6. The van der Waals surface area contributed by atoms with Gasteiger partial charge in [0.25, 0.3) is 11.5 Å². The number of carbonyl (C=O) groups is 1. The second kappa shape index (κ2) is 8.32. The molecule has 0 saturated carbocycles. The van der Waals surface area contributed by atoms with Crippen LogP contribution in [-0.4, -0.2) is 30.5 Å². The summed E-state index contributed by atoms with van der Waals surface area (Å²) in [6.07, 6.45) is 2.98. The van der Waals surface area contributed by atoms with Crippen molar-refractivity contribution in [3.8, 4) is 22.3 Å². The molecule has 0 radical (unpaired) electrons. The number of hydrogen-bond donors (Lipinski definition) is 2. The van der Waals surface area contributed by atoms with Gasteiger partial charge in [-0.3, -0.25) is 23.9 Å². The number of aromatic nitrogens is 5. The van der Waals surface area contributed by atoms with Crippen molar-refractivity contribution in [1.29, 1.82) is 0 Å². The Hall–Kier alpha value is -4.60. The van der Waals surface area contributed by atoms with Gasteiger partial charge in [-0.25, -0.2) is 8.78 Å². The van der Waals surface area contributed by atoms with E-state index in [0.29, 0.717) is 28.0 Å². The smallest absolute Gasteiger partial charge is 0.260 e. The fourth-order valence-electron chi connectivity index (χ4n) is 4.19. The molecule has 0 saturated heterocycles. The average Bonchev–Trinajstić information content (AvgIpc) is 3.47. The monoisotopic (exact) mass is 474 g/mol. The largest absolute Gasteiger partial charge is 0.307 e. The molecule has 0 fully saturated rings. The molecular weight excluding hydrogens is 454 g/mol. The van der Waals surface area contributed by atoms with E-state index in [0.717, 1.165) is 12.1 Å². The quantitative estimate of drug-likeness (QED) is 0.409. The first-order valence-electron chi connectivity index (χ1n) is 10.7. The van der Waals surface area contributed by atoms with Gasteiger partial charge in [0.2, 0.25) is 0 Å². The standard InChI is InChI=1S/C25H20F2N6O2/c1-13-7-8-14(24(34)30-19-9-10-29-33(19)3)11-15(13)21-20(22-17(26)5-4-6-18(22)27)16-12-28-31-23(16)32(2)25(21)35/h4-12H,1-3H3,(H,28,31)(H,30,34). The number of nitrogens with one attached hydrogen (secondary N) is 2. The maximum absolute atomic E-state index is 15.0. The van der Waals surface area contributed by atoms with E-state index in [1.807, 2.05) is 0 Å². The molecule has 1 amide bonds. The third kappa shape index (κ3) is 3.59. The molecule has 35 heavy (non-hydrogen) atoms. The Morgan fingerprint density at radius 3 is 2.46 bits per heavy atom. The van der Waals surface area contributed by atoms with Crippen LogP contribution in [-0.2, 0) is 14.1 Å². The number of halogens is 2. The van der Waals surface area contributed by atoms with Crippen molar-refractivity contribution in [1.82, 2.24) is 24.5 Å². The van der Waals surface area contributed by atoms with Crippen molar-refractivity contribution in [2.24, 2.45) is 14.1 Å². The molecule has 2 N–H and O–H groups in total. The fourth-order valence-corrected chi connectivity index (χ4v) is 4.19. The summed E-state index contributed by atoms with van der Waals surface area (Å²) in [5.41, 5.74) is 0.921. The third-order valence-electron chi connectivity index (χ3n) is 6.04. The third-order valence-corrected chi connectivity index (χ3v) is 6.04. The molecule has 3 aromatic heterocycles. The number of anilines is 1. The Kier molecular flexibility index (Phi) is 5.28. The zero-order valence-electron chi connectivity index (χ0n) is 19.1. The molecule has 10 heteroatoms. The number of benzene rings is 2. The van der Waals surface area contributed by atoms with E-state index in [2.05, 4.69) is 20.6 Å². The minimum absolute atomic E-state index is 0.0677. The zero-order chi connectivity index (χ0) is 24.9. The second-order valence-corrected chi connectivity index (χ2v) is 8.17. The number of H-pyrrole nitrogens is 1. The maximum atomic E-state index is 15.0. The predicted molar refractivity (Wildman–Crippen MR) is 128 cm³/mol. The number of aryl methyl sites for hydroxylation is 3. The van der Waals surface area contributed by atoms with Crippen molar-refractivity contribution < 1.29 is 13.6 Å². The highest BCUT2D eigenvalue weighted by Crippen LogP contribution is 2.39. The number of nitrogens with zero attached hydrogens (tertiary/aromatic N) is 4. The zero-order valence-corrected chi connectivity index (χ0v) is 19.1. The van der Waals surface area contributed by atoms with E-state index >= 15 is 8.78 Å². The van der Waals surface area contributed by atoms with Gasteiger partial charge in [0.15, 0.2) is 0 Å². The molecule has 0 aliphatic carbocycles. The van der Waals surface area contributed by atoms with Crippen molar-refractivity contribution in [3.63, 3.8) is 0 Å². The minimum Gasteiger partial charge on any atom is -0.307 e. The molecule has 0 unspecified atom stereocenters. The number of rotatable bonds is 4. The molecular formula is C25H20F2N6O2. The summed E-state index contributed by atoms with van der Waals surface area (Å²) in [6, 6.07) is 10.0. The molecule has 3 heterocycles. The van der Waals surface area contributed by atoms with Crippen LogP contribution < -0.4 is 10.9 Å². The van der Waals surface area contributed by atoms with E-state index in [4.69, 9.17) is 0 Å². The summed E-state index contributed by atoms with van der Waals surface area (Å²) in [7, 11) is 3.23. The highest BCUT2D eigenvalue weighted by atomic mass is 19.1. The topological polar surface area (TPSA) is 97.6 Å². The molecule has 0 spiro atoms. The van der Waals surface area contributed by atoms with E-state index in [1.165, 1.54) is 21.5 Å². The Labute approximate surface area is 197 Å². The normalized spacial score (nSPS) is 11.2. The molecule has 0 aliphatic rings. The summed E-state index contributed by atoms with van der Waals surface area (Å²) >= 11 is 0. The van der Waals surface area contributed by atoms with Crippen LogP contribution in [0.3, 0.4) is 0 Å². The van der Waals surface area contributed by atoms with Crippen molar-refractivity contribution in [2.45, 2.75) is 6.92 Å².